The first-order valence-corrected chi connectivity index (χ1v) is 30.5. The number of para-hydroxylation sites is 2. The molecule has 0 radical (unpaired) electrons. The molecule has 7 aromatic carbocycles. The van der Waals surface area contributed by atoms with Crippen molar-refractivity contribution in [3.05, 3.63) is 184 Å². The standard InChI is InChI=1S/C73H80BN3S/c1-67(2,3)47-26-24-46(25-27-47)45-75-61-39-51(76(48-20-16-14-17-21-48)49-22-18-15-19-23-49)40-62-64(61)74(66-65(75)52-41-57-58(44-63(52)78-66)73(13)36-34-72(57,12)35-37-73)59-42-55-56(71(10,11)33-32-70(55,8)9)43-60(59)77(62)50-28-29-53-54(38-50)69(6,7)31-30-68(53,4)5/h14-29,38-44H,30-37,45H2,1-13H3. The number of fused-ring (bicyclic) bond motifs is 10. The number of hydrogen-bond acceptors (Lipinski definition) is 4. The van der Waals surface area contributed by atoms with Gasteiger partial charge in [0.1, 0.15) is 0 Å². The summed E-state index contributed by atoms with van der Waals surface area (Å²) in [5.74, 6) is 0. The Kier molecular flexibility index (Phi) is 10.8. The Labute approximate surface area is 471 Å². The Balaban J connectivity index is 1.13. The van der Waals surface area contributed by atoms with E-state index in [1.165, 1.54) is 145 Å². The lowest BCUT2D eigenvalue weighted by Crippen LogP contribution is -2.61. The zero-order valence-electron chi connectivity index (χ0n) is 49.0. The first-order chi connectivity index (χ1) is 36.9. The largest absolute Gasteiger partial charge is 0.337 e. The van der Waals surface area contributed by atoms with Crippen LogP contribution < -0.4 is 30.4 Å². The molecular weight excluding hydrogens is 962 g/mol. The third-order valence-corrected chi connectivity index (χ3v) is 22.4. The summed E-state index contributed by atoms with van der Waals surface area (Å²) >= 11 is 2.11. The highest BCUT2D eigenvalue weighted by Gasteiger charge is 2.51. The quantitative estimate of drug-likeness (QED) is 0.154. The SMILES string of the molecule is CC(C)(C)c1ccc(CN2c3cc(N(c4ccccc4)c4ccccc4)cc4c3B(c3cc5c(cc3N4c3ccc4c(c3)C(C)(C)CCC4(C)C)C(C)(C)CCC5(C)C)c3sc4cc5c(cc4c32)C2(C)CCC5(C)CC2)cc1. The highest BCUT2D eigenvalue weighted by atomic mass is 32.1. The maximum atomic E-state index is 2.80. The lowest BCUT2D eigenvalue weighted by Gasteiger charge is -2.52. The van der Waals surface area contributed by atoms with Crippen molar-refractivity contribution in [2.45, 2.75) is 186 Å². The van der Waals surface area contributed by atoms with Gasteiger partial charge in [-0.15, -0.1) is 11.3 Å². The molecule has 15 rings (SSSR count). The van der Waals surface area contributed by atoms with E-state index in [4.69, 9.17) is 0 Å². The van der Waals surface area contributed by atoms with E-state index in [0.29, 0.717) is 0 Å². The Bertz CT molecular complexity index is 3710. The topological polar surface area (TPSA) is 9.72 Å². The van der Waals surface area contributed by atoms with Gasteiger partial charge in [-0.3, -0.25) is 0 Å². The third-order valence-electron chi connectivity index (χ3n) is 21.2. The average Bonchev–Trinajstić information content (AvgIpc) is 3.50. The second-order valence-corrected chi connectivity index (χ2v) is 30.3. The smallest absolute Gasteiger partial charge is 0.264 e. The van der Waals surface area contributed by atoms with Gasteiger partial charge in [0.2, 0.25) is 0 Å². The zero-order valence-corrected chi connectivity index (χ0v) is 49.8. The maximum Gasteiger partial charge on any atom is 0.264 e. The Hall–Kier alpha value is -6.04. The zero-order chi connectivity index (χ0) is 54.3. The average molecular weight is 1040 g/mol. The molecule has 7 aliphatic rings. The number of rotatable bonds is 6. The first kappa shape index (κ1) is 50.2. The molecule has 3 heterocycles. The normalized spacial score (nSPS) is 22.5. The molecule has 78 heavy (non-hydrogen) atoms. The molecule has 1 aromatic heterocycles. The molecule has 3 nitrogen and oxygen atoms in total. The van der Waals surface area contributed by atoms with Crippen molar-refractivity contribution < 1.29 is 0 Å². The molecule has 0 amide bonds. The van der Waals surface area contributed by atoms with E-state index in [-0.39, 0.29) is 44.6 Å². The van der Waals surface area contributed by atoms with Crippen LogP contribution in [0, 0.1) is 0 Å². The predicted octanol–water partition coefficient (Wildman–Crippen LogP) is 18.4. The van der Waals surface area contributed by atoms with Gasteiger partial charge >= 0.3 is 0 Å². The fourth-order valence-corrected chi connectivity index (χ4v) is 17.1. The molecule has 8 aromatic rings. The van der Waals surface area contributed by atoms with E-state index in [1.54, 1.807) is 11.1 Å². The van der Waals surface area contributed by atoms with Crippen molar-refractivity contribution in [3.8, 4) is 0 Å². The van der Waals surface area contributed by atoms with Crippen LogP contribution in [-0.4, -0.2) is 6.71 Å². The molecule has 0 saturated heterocycles. The molecule has 1 saturated carbocycles. The second kappa shape index (κ2) is 16.8. The second-order valence-electron chi connectivity index (χ2n) is 29.3. The summed E-state index contributed by atoms with van der Waals surface area (Å²) in [6, 6.07) is 55.6. The van der Waals surface area contributed by atoms with E-state index >= 15 is 0 Å². The van der Waals surface area contributed by atoms with Crippen LogP contribution in [0.2, 0.25) is 0 Å². The molecule has 396 valence electrons. The summed E-state index contributed by atoms with van der Waals surface area (Å²) in [6.45, 7) is 32.9. The summed E-state index contributed by atoms with van der Waals surface area (Å²) in [5.41, 5.74) is 25.6. The van der Waals surface area contributed by atoms with Gasteiger partial charge in [0.05, 0.1) is 11.4 Å². The Morgan fingerprint density at radius 3 is 1.59 bits per heavy atom. The van der Waals surface area contributed by atoms with Gasteiger partial charge in [0.25, 0.3) is 6.71 Å². The van der Waals surface area contributed by atoms with Gasteiger partial charge < -0.3 is 14.7 Å². The van der Waals surface area contributed by atoms with Gasteiger partial charge in [-0.2, -0.15) is 0 Å². The van der Waals surface area contributed by atoms with Crippen LogP contribution in [0.3, 0.4) is 0 Å². The minimum absolute atomic E-state index is 0.0252. The highest BCUT2D eigenvalue weighted by molar-refractivity contribution is 7.33. The van der Waals surface area contributed by atoms with Crippen LogP contribution in [0.5, 0.6) is 0 Å². The van der Waals surface area contributed by atoms with E-state index in [9.17, 15) is 0 Å². The van der Waals surface area contributed by atoms with E-state index in [2.05, 4.69) is 256 Å². The molecule has 5 aliphatic carbocycles. The molecular formula is C73H80BN3S. The van der Waals surface area contributed by atoms with Crippen LogP contribution in [0.25, 0.3) is 10.1 Å². The molecule has 2 aliphatic heterocycles. The van der Waals surface area contributed by atoms with Gasteiger partial charge in [-0.05, 0) is 211 Å². The summed E-state index contributed by atoms with van der Waals surface area (Å²) in [5, 5.41) is 1.43. The van der Waals surface area contributed by atoms with Crippen LogP contribution in [0.15, 0.2) is 140 Å². The van der Waals surface area contributed by atoms with Crippen molar-refractivity contribution in [2.24, 2.45) is 0 Å². The van der Waals surface area contributed by atoms with Crippen LogP contribution in [0.1, 0.15) is 186 Å². The van der Waals surface area contributed by atoms with Crippen molar-refractivity contribution in [1.82, 2.24) is 0 Å². The maximum absolute atomic E-state index is 2.80. The predicted molar refractivity (Wildman–Crippen MR) is 337 cm³/mol. The highest BCUT2D eigenvalue weighted by Crippen LogP contribution is 2.59. The summed E-state index contributed by atoms with van der Waals surface area (Å²) in [4.78, 5) is 8.07. The van der Waals surface area contributed by atoms with Gasteiger partial charge in [0.15, 0.2) is 0 Å². The first-order valence-electron chi connectivity index (χ1n) is 29.7. The summed E-state index contributed by atoms with van der Waals surface area (Å²) < 4.78 is 2.93. The van der Waals surface area contributed by atoms with Crippen molar-refractivity contribution in [2.75, 3.05) is 14.7 Å². The lowest BCUT2D eigenvalue weighted by atomic mass is 9.35. The molecule has 0 spiro atoms. The number of anilines is 8. The number of thiophene rings is 1. The van der Waals surface area contributed by atoms with Gasteiger partial charge in [-0.25, -0.2) is 0 Å². The summed E-state index contributed by atoms with van der Waals surface area (Å²) in [6.07, 6.45) is 9.79. The molecule has 2 bridgehead atoms. The fourth-order valence-electron chi connectivity index (χ4n) is 15.7. The molecule has 0 atom stereocenters. The fraction of sp³-hybridized carbons (Fsp3) is 0.397. The van der Waals surface area contributed by atoms with Crippen molar-refractivity contribution >= 4 is 89.3 Å². The van der Waals surface area contributed by atoms with E-state index in [0.717, 1.165) is 17.9 Å². The monoisotopic (exact) mass is 1040 g/mol. The third kappa shape index (κ3) is 7.48. The van der Waals surface area contributed by atoms with Crippen LogP contribution >= 0.6 is 11.3 Å². The van der Waals surface area contributed by atoms with Gasteiger partial charge in [0, 0.05) is 55.5 Å². The molecule has 0 unspecified atom stereocenters. The summed E-state index contributed by atoms with van der Waals surface area (Å²) in [7, 11) is 0. The molecule has 5 heteroatoms. The minimum atomic E-state index is 0.0252. The van der Waals surface area contributed by atoms with Crippen LogP contribution in [0.4, 0.5) is 45.5 Å². The molecule has 0 N–H and O–H groups in total. The van der Waals surface area contributed by atoms with E-state index < -0.39 is 0 Å². The van der Waals surface area contributed by atoms with Crippen LogP contribution in [-0.2, 0) is 44.4 Å². The molecule has 1 fully saturated rings. The lowest BCUT2D eigenvalue weighted by molar-refractivity contribution is 0.188. The van der Waals surface area contributed by atoms with Crippen molar-refractivity contribution in [1.29, 1.82) is 0 Å². The Morgan fingerprint density at radius 2 is 1.01 bits per heavy atom. The van der Waals surface area contributed by atoms with E-state index in [1.807, 2.05) is 0 Å². The van der Waals surface area contributed by atoms with Gasteiger partial charge in [-0.1, -0.05) is 163 Å². The van der Waals surface area contributed by atoms with Crippen molar-refractivity contribution in [3.63, 3.8) is 0 Å². The number of hydrogen-bond donors (Lipinski definition) is 0. The minimum Gasteiger partial charge on any atom is -0.337 e. The Morgan fingerprint density at radius 1 is 0.487 bits per heavy atom. The number of nitrogens with zero attached hydrogens (tertiary/aromatic N) is 3. The number of benzene rings is 7.